The van der Waals surface area contributed by atoms with Crippen molar-refractivity contribution in [1.29, 1.82) is 0 Å². The molecule has 0 spiro atoms. The summed E-state index contributed by atoms with van der Waals surface area (Å²) in [7, 11) is -3.85. The summed E-state index contributed by atoms with van der Waals surface area (Å²) in [5.74, 6) is -0.680. The maximum atomic E-state index is 13.4. The fourth-order valence-corrected chi connectivity index (χ4v) is 4.34. The van der Waals surface area contributed by atoms with Crippen LogP contribution in [0.3, 0.4) is 0 Å². The highest BCUT2D eigenvalue weighted by atomic mass is 32.2. The van der Waals surface area contributed by atoms with Gasteiger partial charge in [0.2, 0.25) is 0 Å². The summed E-state index contributed by atoms with van der Waals surface area (Å²) in [4.78, 5) is 14.6. The zero-order chi connectivity index (χ0) is 22.5. The second-order valence-corrected chi connectivity index (χ2v) is 9.46. The van der Waals surface area contributed by atoms with Crippen molar-refractivity contribution in [3.63, 3.8) is 0 Å². The van der Waals surface area contributed by atoms with Crippen LogP contribution in [0.2, 0.25) is 0 Å². The number of nitrogens with zero attached hydrogens (tertiary/aromatic N) is 1. The minimum Gasteiger partial charge on any atom is -0.351 e. The monoisotopic (exact) mass is 435 g/mol. The summed E-state index contributed by atoms with van der Waals surface area (Å²) in [5.41, 5.74) is 1.01. The van der Waals surface area contributed by atoms with E-state index in [4.69, 9.17) is 0 Å². The van der Waals surface area contributed by atoms with E-state index in [-0.39, 0.29) is 16.4 Å². The molecule has 0 aliphatic heterocycles. The Balaban J connectivity index is 1.98. The Kier molecular flexibility index (Phi) is 7.97. The molecule has 0 aromatic heterocycles. The zero-order valence-corrected chi connectivity index (χ0v) is 18.9. The average Bonchev–Trinajstić information content (AvgIpc) is 2.66. The van der Waals surface area contributed by atoms with Gasteiger partial charge >= 0.3 is 0 Å². The fourth-order valence-electron chi connectivity index (χ4n) is 3.20. The Hall–Kier alpha value is -2.45. The van der Waals surface area contributed by atoms with E-state index in [1.165, 1.54) is 31.2 Å². The van der Waals surface area contributed by atoms with E-state index in [1.54, 1.807) is 12.1 Å². The van der Waals surface area contributed by atoms with Gasteiger partial charge in [-0.2, -0.15) is 0 Å². The van der Waals surface area contributed by atoms with Gasteiger partial charge in [-0.05, 0) is 82.6 Å². The maximum absolute atomic E-state index is 13.4. The molecule has 164 valence electrons. The van der Waals surface area contributed by atoms with E-state index in [2.05, 4.69) is 42.6 Å². The summed E-state index contributed by atoms with van der Waals surface area (Å²) in [5, 5.41) is 2.89. The van der Waals surface area contributed by atoms with E-state index >= 15 is 0 Å². The topological polar surface area (TPSA) is 78.5 Å². The number of benzene rings is 2. The van der Waals surface area contributed by atoms with Crippen LogP contribution >= 0.6 is 0 Å². The number of anilines is 1. The van der Waals surface area contributed by atoms with Gasteiger partial charge in [-0.15, -0.1) is 0 Å². The van der Waals surface area contributed by atoms with Crippen molar-refractivity contribution in [2.75, 3.05) is 17.8 Å². The molecule has 0 radical (unpaired) electrons. The van der Waals surface area contributed by atoms with Gasteiger partial charge in [0.05, 0.1) is 4.90 Å². The second kappa shape index (κ2) is 10.0. The third kappa shape index (κ3) is 6.27. The molecule has 2 aromatic rings. The van der Waals surface area contributed by atoms with Crippen LogP contribution in [0.25, 0.3) is 0 Å². The van der Waals surface area contributed by atoms with Crippen molar-refractivity contribution in [2.24, 2.45) is 0 Å². The van der Waals surface area contributed by atoms with Crippen LogP contribution in [-0.2, 0) is 10.0 Å². The summed E-state index contributed by atoms with van der Waals surface area (Å²) in [6.07, 6.45) is 0. The van der Waals surface area contributed by atoms with Crippen LogP contribution in [-0.4, -0.2) is 44.4 Å². The number of sulfonamides is 1. The highest BCUT2D eigenvalue weighted by Gasteiger charge is 2.16. The van der Waals surface area contributed by atoms with Crippen LogP contribution in [0.5, 0.6) is 0 Å². The second-order valence-electron chi connectivity index (χ2n) is 7.78. The first-order valence-corrected chi connectivity index (χ1v) is 11.4. The lowest BCUT2D eigenvalue weighted by Gasteiger charge is -2.30. The van der Waals surface area contributed by atoms with Crippen LogP contribution in [0.4, 0.5) is 10.1 Å². The summed E-state index contributed by atoms with van der Waals surface area (Å²) in [6, 6.07) is 10.6. The summed E-state index contributed by atoms with van der Waals surface area (Å²) >= 11 is 0. The SMILES string of the molecule is Cc1cc(S(=O)(=O)Nc2ccc(C(=O)NCCN(C(C)C)C(C)C)cc2)ccc1F. The molecule has 0 saturated heterocycles. The third-order valence-electron chi connectivity index (χ3n) is 4.82. The van der Waals surface area contributed by atoms with Gasteiger partial charge in [-0.25, -0.2) is 12.8 Å². The first kappa shape index (κ1) is 23.8. The molecular weight excluding hydrogens is 405 g/mol. The van der Waals surface area contributed by atoms with E-state index in [1.807, 2.05) is 0 Å². The van der Waals surface area contributed by atoms with E-state index < -0.39 is 15.8 Å². The molecule has 1 amide bonds. The third-order valence-corrected chi connectivity index (χ3v) is 6.20. The Morgan fingerprint density at radius 3 is 2.17 bits per heavy atom. The van der Waals surface area contributed by atoms with Crippen molar-refractivity contribution in [3.8, 4) is 0 Å². The molecule has 0 aliphatic rings. The van der Waals surface area contributed by atoms with Crippen LogP contribution in [0, 0.1) is 12.7 Å². The molecule has 8 heteroatoms. The van der Waals surface area contributed by atoms with Crippen molar-refractivity contribution in [1.82, 2.24) is 10.2 Å². The molecule has 0 bridgehead atoms. The number of aryl methyl sites for hydroxylation is 1. The first-order chi connectivity index (χ1) is 14.0. The van der Waals surface area contributed by atoms with Gasteiger partial charge in [0.1, 0.15) is 5.82 Å². The van der Waals surface area contributed by atoms with Gasteiger partial charge in [0.25, 0.3) is 15.9 Å². The number of amides is 1. The predicted molar refractivity (Wildman–Crippen MR) is 118 cm³/mol. The van der Waals surface area contributed by atoms with Crippen molar-refractivity contribution in [3.05, 3.63) is 59.4 Å². The lowest BCUT2D eigenvalue weighted by atomic mass is 10.2. The Morgan fingerprint density at radius 1 is 1.03 bits per heavy atom. The average molecular weight is 436 g/mol. The normalized spacial score (nSPS) is 11.9. The summed E-state index contributed by atoms with van der Waals surface area (Å²) in [6.45, 7) is 11.3. The van der Waals surface area contributed by atoms with Crippen molar-refractivity contribution >= 4 is 21.6 Å². The highest BCUT2D eigenvalue weighted by molar-refractivity contribution is 7.92. The number of halogens is 1. The molecule has 0 saturated carbocycles. The van der Waals surface area contributed by atoms with Crippen LogP contribution in [0.15, 0.2) is 47.4 Å². The number of carbonyl (C=O) groups excluding carboxylic acids is 1. The van der Waals surface area contributed by atoms with Crippen molar-refractivity contribution in [2.45, 2.75) is 51.6 Å². The van der Waals surface area contributed by atoms with Gasteiger partial charge in [-0.3, -0.25) is 14.4 Å². The molecular formula is C22H30FN3O3S. The largest absolute Gasteiger partial charge is 0.351 e. The molecule has 0 aliphatic carbocycles. The minimum absolute atomic E-state index is 0.0249. The molecule has 2 aromatic carbocycles. The Morgan fingerprint density at radius 2 is 1.63 bits per heavy atom. The number of hydrogen-bond donors (Lipinski definition) is 2. The Labute approximate surface area is 178 Å². The van der Waals surface area contributed by atoms with E-state index in [0.717, 1.165) is 12.6 Å². The zero-order valence-electron chi connectivity index (χ0n) is 18.1. The maximum Gasteiger partial charge on any atom is 0.261 e. The van der Waals surface area contributed by atoms with Crippen LogP contribution < -0.4 is 10.0 Å². The smallest absolute Gasteiger partial charge is 0.261 e. The molecule has 0 fully saturated rings. The van der Waals surface area contributed by atoms with Crippen molar-refractivity contribution < 1.29 is 17.6 Å². The quantitative estimate of drug-likeness (QED) is 0.628. The summed E-state index contributed by atoms with van der Waals surface area (Å²) < 4.78 is 40.8. The van der Waals surface area contributed by atoms with E-state index in [9.17, 15) is 17.6 Å². The van der Waals surface area contributed by atoms with E-state index in [0.29, 0.717) is 29.9 Å². The first-order valence-electron chi connectivity index (χ1n) is 9.94. The van der Waals surface area contributed by atoms with Gasteiger partial charge in [0.15, 0.2) is 0 Å². The minimum atomic E-state index is -3.85. The van der Waals surface area contributed by atoms with Gasteiger partial charge in [-0.1, -0.05) is 0 Å². The predicted octanol–water partition coefficient (Wildman–Crippen LogP) is 3.78. The molecule has 2 N–H and O–H groups in total. The fraction of sp³-hybridized carbons (Fsp3) is 0.409. The number of nitrogens with one attached hydrogen (secondary N) is 2. The Bertz CT molecular complexity index is 966. The molecule has 0 atom stereocenters. The molecule has 0 heterocycles. The standard InChI is InChI=1S/C22H30FN3O3S/c1-15(2)26(16(3)4)13-12-24-22(27)18-6-8-19(9-7-18)25-30(28,29)20-10-11-21(23)17(5)14-20/h6-11,14-16,25H,12-13H2,1-5H3,(H,24,27). The molecule has 6 nitrogen and oxygen atoms in total. The lowest BCUT2D eigenvalue weighted by molar-refractivity contribution is 0.0939. The molecule has 2 rings (SSSR count). The molecule has 30 heavy (non-hydrogen) atoms. The number of rotatable bonds is 9. The number of carbonyl (C=O) groups is 1. The lowest BCUT2D eigenvalue weighted by Crippen LogP contribution is -2.42. The van der Waals surface area contributed by atoms with Gasteiger partial charge < -0.3 is 5.32 Å². The molecule has 0 unspecified atom stereocenters. The number of hydrogen-bond acceptors (Lipinski definition) is 4. The highest BCUT2D eigenvalue weighted by Crippen LogP contribution is 2.19. The van der Waals surface area contributed by atoms with Gasteiger partial charge in [0, 0.05) is 36.4 Å². The van der Waals surface area contributed by atoms with Crippen LogP contribution in [0.1, 0.15) is 43.6 Å².